The average molecular weight is 295 g/mol. The molecule has 0 radical (unpaired) electrons. The zero-order chi connectivity index (χ0) is 15.2. The van der Waals surface area contributed by atoms with Gasteiger partial charge in [-0.15, -0.1) is 0 Å². The first-order valence-corrected chi connectivity index (χ1v) is 7.97. The molecule has 0 saturated carbocycles. The van der Waals surface area contributed by atoms with Crippen LogP contribution in [0.4, 0.5) is 0 Å². The third kappa shape index (κ3) is 1.93. The van der Waals surface area contributed by atoms with Crippen molar-refractivity contribution in [2.24, 2.45) is 5.92 Å². The predicted octanol–water partition coefficient (Wildman–Crippen LogP) is 1.99. The number of nitrogens with zero attached hydrogens (tertiary/aromatic N) is 1. The fourth-order valence-corrected chi connectivity index (χ4v) is 4.22. The second kappa shape index (κ2) is 5.20. The molecule has 0 aromatic heterocycles. The van der Waals surface area contributed by atoms with Crippen molar-refractivity contribution in [3.63, 3.8) is 0 Å². The van der Waals surface area contributed by atoms with Gasteiger partial charge in [-0.3, -0.25) is 4.90 Å². The van der Waals surface area contributed by atoms with Gasteiger partial charge < -0.3 is 10.2 Å². The standard InChI is InChI=1S/C19H21NO2/c21-17-14-11-12-20(13-14)18(17)19(22,15-7-3-1-4-8-15)16-9-5-2-6-10-16/h1-10,14,17-18,21-22H,11-13H2. The third-order valence-electron chi connectivity index (χ3n) is 5.31. The lowest BCUT2D eigenvalue weighted by Crippen LogP contribution is -2.55. The van der Waals surface area contributed by atoms with Crippen molar-refractivity contribution >= 4 is 0 Å². The highest BCUT2D eigenvalue weighted by molar-refractivity contribution is 5.39. The van der Waals surface area contributed by atoms with Crippen molar-refractivity contribution in [2.75, 3.05) is 13.1 Å². The Bertz CT molecular complexity index is 601. The first-order chi connectivity index (χ1) is 10.7. The molecular weight excluding hydrogens is 274 g/mol. The van der Waals surface area contributed by atoms with Crippen LogP contribution < -0.4 is 0 Å². The van der Waals surface area contributed by atoms with Crippen molar-refractivity contribution < 1.29 is 10.2 Å². The molecule has 2 aliphatic rings. The Morgan fingerprint density at radius 1 is 0.909 bits per heavy atom. The molecule has 3 nitrogen and oxygen atoms in total. The van der Waals surface area contributed by atoms with Gasteiger partial charge in [0.15, 0.2) is 0 Å². The number of aliphatic hydroxyl groups excluding tert-OH is 1. The fraction of sp³-hybridized carbons (Fsp3) is 0.368. The Kier molecular flexibility index (Phi) is 3.30. The molecule has 2 fully saturated rings. The monoisotopic (exact) mass is 295 g/mol. The molecule has 2 N–H and O–H groups in total. The molecule has 22 heavy (non-hydrogen) atoms. The molecule has 0 aliphatic carbocycles. The third-order valence-corrected chi connectivity index (χ3v) is 5.31. The highest BCUT2D eigenvalue weighted by Crippen LogP contribution is 2.45. The summed E-state index contributed by atoms with van der Waals surface area (Å²) < 4.78 is 0. The number of aliphatic hydroxyl groups is 2. The van der Waals surface area contributed by atoms with Crippen LogP contribution in [0, 0.1) is 5.92 Å². The van der Waals surface area contributed by atoms with Gasteiger partial charge in [-0.1, -0.05) is 60.7 Å². The van der Waals surface area contributed by atoms with E-state index in [0.29, 0.717) is 0 Å². The molecule has 2 heterocycles. The first kappa shape index (κ1) is 13.9. The van der Waals surface area contributed by atoms with E-state index in [2.05, 4.69) is 4.90 Å². The van der Waals surface area contributed by atoms with Crippen LogP contribution in [-0.4, -0.2) is 40.3 Å². The van der Waals surface area contributed by atoms with Gasteiger partial charge in [0.2, 0.25) is 0 Å². The Balaban J connectivity index is 1.86. The van der Waals surface area contributed by atoms with Crippen LogP contribution in [0.3, 0.4) is 0 Å². The number of piperidine rings is 1. The van der Waals surface area contributed by atoms with Gasteiger partial charge in [-0.05, 0) is 24.1 Å². The fourth-order valence-electron chi connectivity index (χ4n) is 4.22. The van der Waals surface area contributed by atoms with Crippen molar-refractivity contribution in [1.29, 1.82) is 0 Å². The summed E-state index contributed by atoms with van der Waals surface area (Å²) in [6.07, 6.45) is 0.538. The summed E-state index contributed by atoms with van der Waals surface area (Å²) >= 11 is 0. The Morgan fingerprint density at radius 2 is 1.45 bits per heavy atom. The molecule has 4 rings (SSSR count). The minimum absolute atomic E-state index is 0.281. The zero-order valence-corrected chi connectivity index (χ0v) is 12.5. The summed E-state index contributed by atoms with van der Waals surface area (Å²) in [5.41, 5.74) is 0.507. The molecule has 2 saturated heterocycles. The molecular formula is C19H21NO2. The molecule has 0 spiro atoms. The molecule has 4 unspecified atom stereocenters. The van der Waals surface area contributed by atoms with Crippen LogP contribution in [0.1, 0.15) is 17.5 Å². The lowest BCUT2D eigenvalue weighted by molar-refractivity contribution is -0.0619. The number of hydrogen-bond acceptors (Lipinski definition) is 3. The van der Waals surface area contributed by atoms with Crippen molar-refractivity contribution in [2.45, 2.75) is 24.2 Å². The summed E-state index contributed by atoms with van der Waals surface area (Å²) in [6, 6.07) is 19.2. The molecule has 2 aromatic rings. The van der Waals surface area contributed by atoms with Crippen molar-refractivity contribution in [3.05, 3.63) is 71.8 Å². The van der Waals surface area contributed by atoms with Gasteiger partial charge in [0.05, 0.1) is 12.1 Å². The quantitative estimate of drug-likeness (QED) is 0.910. The summed E-state index contributed by atoms with van der Waals surface area (Å²) in [4.78, 5) is 2.25. The summed E-state index contributed by atoms with van der Waals surface area (Å²) in [6.45, 7) is 1.84. The topological polar surface area (TPSA) is 43.7 Å². The molecule has 2 aliphatic heterocycles. The second-order valence-corrected chi connectivity index (χ2v) is 6.48. The van der Waals surface area contributed by atoms with Crippen molar-refractivity contribution in [3.8, 4) is 0 Å². The lowest BCUT2D eigenvalue weighted by Gasteiger charge is -2.43. The molecule has 4 atom stereocenters. The normalized spacial score (nSPS) is 30.6. The molecule has 114 valence electrons. The van der Waals surface area contributed by atoms with E-state index in [4.69, 9.17) is 0 Å². The summed E-state index contributed by atoms with van der Waals surface area (Å²) in [5.74, 6) is 0.281. The number of fused-ring (bicyclic) bond motifs is 2. The van der Waals surface area contributed by atoms with E-state index in [-0.39, 0.29) is 12.0 Å². The van der Waals surface area contributed by atoms with E-state index in [1.165, 1.54) is 0 Å². The number of benzene rings is 2. The van der Waals surface area contributed by atoms with E-state index in [9.17, 15) is 10.2 Å². The predicted molar refractivity (Wildman–Crippen MR) is 85.4 cm³/mol. The maximum atomic E-state index is 11.7. The maximum Gasteiger partial charge on any atom is 0.133 e. The average Bonchev–Trinajstić information content (AvgIpc) is 3.17. The van der Waals surface area contributed by atoms with E-state index in [0.717, 1.165) is 30.6 Å². The first-order valence-electron chi connectivity index (χ1n) is 7.97. The smallest absolute Gasteiger partial charge is 0.133 e. The van der Waals surface area contributed by atoms with Crippen LogP contribution in [-0.2, 0) is 5.60 Å². The highest BCUT2D eigenvalue weighted by atomic mass is 16.3. The maximum absolute atomic E-state index is 11.7. The van der Waals surface area contributed by atoms with Crippen LogP contribution in [0.25, 0.3) is 0 Å². The van der Waals surface area contributed by atoms with Crippen molar-refractivity contribution in [1.82, 2.24) is 4.90 Å². The summed E-state index contributed by atoms with van der Waals surface area (Å²) in [5, 5.41) is 22.5. The van der Waals surface area contributed by atoms with Crippen LogP contribution in [0.15, 0.2) is 60.7 Å². The molecule has 2 bridgehead atoms. The largest absolute Gasteiger partial charge is 0.391 e. The molecule has 0 amide bonds. The van der Waals surface area contributed by atoms with Gasteiger partial charge in [-0.25, -0.2) is 0 Å². The van der Waals surface area contributed by atoms with Crippen LogP contribution in [0.5, 0.6) is 0 Å². The number of rotatable bonds is 3. The lowest BCUT2D eigenvalue weighted by atomic mass is 9.75. The van der Waals surface area contributed by atoms with E-state index < -0.39 is 11.7 Å². The Labute approximate surface area is 130 Å². The number of hydrogen-bond donors (Lipinski definition) is 2. The van der Waals surface area contributed by atoms with Crippen LogP contribution in [0.2, 0.25) is 0 Å². The van der Waals surface area contributed by atoms with Gasteiger partial charge in [-0.2, -0.15) is 0 Å². The van der Waals surface area contributed by atoms with Gasteiger partial charge >= 0.3 is 0 Å². The second-order valence-electron chi connectivity index (χ2n) is 6.48. The van der Waals surface area contributed by atoms with E-state index >= 15 is 0 Å². The van der Waals surface area contributed by atoms with E-state index in [1.807, 2.05) is 60.7 Å². The molecule has 2 aromatic carbocycles. The minimum atomic E-state index is -1.18. The SMILES string of the molecule is OC1C2CCN(C2)C1C(O)(c1ccccc1)c1ccccc1. The minimum Gasteiger partial charge on any atom is -0.391 e. The van der Waals surface area contributed by atoms with Crippen LogP contribution >= 0.6 is 0 Å². The Morgan fingerprint density at radius 3 is 1.91 bits per heavy atom. The van der Waals surface area contributed by atoms with Gasteiger partial charge in [0, 0.05) is 12.5 Å². The summed E-state index contributed by atoms with van der Waals surface area (Å²) in [7, 11) is 0. The van der Waals surface area contributed by atoms with Gasteiger partial charge in [0.25, 0.3) is 0 Å². The van der Waals surface area contributed by atoms with Gasteiger partial charge in [0.1, 0.15) is 5.60 Å². The highest BCUT2D eigenvalue weighted by Gasteiger charge is 2.55. The molecule has 3 heteroatoms. The zero-order valence-electron chi connectivity index (χ0n) is 12.5. The Hall–Kier alpha value is -1.68. The van der Waals surface area contributed by atoms with E-state index in [1.54, 1.807) is 0 Å².